The Bertz CT molecular complexity index is 615. The van der Waals surface area contributed by atoms with Gasteiger partial charge in [-0.1, -0.05) is 13.8 Å². The molecule has 1 saturated heterocycles. The maximum Gasteiger partial charge on any atom is 0.243 e. The second kappa shape index (κ2) is 5.97. The van der Waals surface area contributed by atoms with Crippen LogP contribution in [0, 0.1) is 25.7 Å². The number of sulfonamides is 1. The summed E-state index contributed by atoms with van der Waals surface area (Å²) >= 11 is 0. The summed E-state index contributed by atoms with van der Waals surface area (Å²) < 4.78 is 27.3. The minimum absolute atomic E-state index is 0.364. The second-order valence-corrected chi connectivity index (χ2v) is 8.35. The molecule has 21 heavy (non-hydrogen) atoms. The molecule has 1 heterocycles. The van der Waals surface area contributed by atoms with Crippen molar-refractivity contribution in [3.05, 3.63) is 23.3 Å². The van der Waals surface area contributed by atoms with Crippen LogP contribution < -0.4 is 5.73 Å². The molecule has 0 unspecified atom stereocenters. The zero-order valence-corrected chi connectivity index (χ0v) is 14.2. The summed E-state index contributed by atoms with van der Waals surface area (Å²) in [4.78, 5) is 0.364. The molecule has 5 heteroatoms. The van der Waals surface area contributed by atoms with Gasteiger partial charge in [0.2, 0.25) is 10.0 Å². The van der Waals surface area contributed by atoms with Crippen LogP contribution >= 0.6 is 0 Å². The van der Waals surface area contributed by atoms with Gasteiger partial charge in [-0.2, -0.15) is 4.31 Å². The standard InChI is InChI=1S/C16H26N2O2S/c1-11(2)14-5-7-18(8-6-14)21(19,20)16-10-15(17)9-12(3)13(16)4/h9-11,14H,5-8,17H2,1-4H3. The zero-order valence-electron chi connectivity index (χ0n) is 13.4. The van der Waals surface area contributed by atoms with Gasteiger partial charge in [-0.05, 0) is 61.8 Å². The van der Waals surface area contributed by atoms with E-state index in [0.29, 0.717) is 35.5 Å². The van der Waals surface area contributed by atoms with Gasteiger partial charge in [0, 0.05) is 18.8 Å². The molecule has 1 aliphatic rings. The first-order chi connectivity index (χ1) is 9.73. The molecule has 1 aliphatic heterocycles. The highest BCUT2D eigenvalue weighted by Gasteiger charge is 2.31. The fraction of sp³-hybridized carbons (Fsp3) is 0.625. The SMILES string of the molecule is Cc1cc(N)cc(S(=O)(=O)N2CCC(C(C)C)CC2)c1C. The van der Waals surface area contributed by atoms with Gasteiger partial charge in [0.1, 0.15) is 0 Å². The Labute approximate surface area is 128 Å². The lowest BCUT2D eigenvalue weighted by Gasteiger charge is -2.33. The number of piperidine rings is 1. The molecule has 1 aromatic rings. The third-order valence-corrected chi connectivity index (χ3v) is 6.73. The molecule has 1 aromatic carbocycles. The van der Waals surface area contributed by atoms with Crippen molar-refractivity contribution in [2.75, 3.05) is 18.8 Å². The molecular formula is C16H26N2O2S. The van der Waals surface area contributed by atoms with Crippen molar-refractivity contribution in [3.63, 3.8) is 0 Å². The average Bonchev–Trinajstić information content (AvgIpc) is 2.42. The van der Waals surface area contributed by atoms with Crippen molar-refractivity contribution < 1.29 is 8.42 Å². The van der Waals surface area contributed by atoms with Crippen molar-refractivity contribution in [1.29, 1.82) is 0 Å². The maximum absolute atomic E-state index is 12.9. The van der Waals surface area contributed by atoms with Gasteiger partial charge in [-0.3, -0.25) is 0 Å². The summed E-state index contributed by atoms with van der Waals surface area (Å²) in [7, 11) is -3.43. The van der Waals surface area contributed by atoms with Gasteiger partial charge in [0.25, 0.3) is 0 Å². The number of anilines is 1. The van der Waals surface area contributed by atoms with E-state index in [1.165, 1.54) is 0 Å². The van der Waals surface area contributed by atoms with Crippen molar-refractivity contribution >= 4 is 15.7 Å². The lowest BCUT2D eigenvalue weighted by atomic mass is 9.87. The Morgan fingerprint density at radius 1 is 1.19 bits per heavy atom. The van der Waals surface area contributed by atoms with E-state index in [2.05, 4.69) is 13.8 Å². The Morgan fingerprint density at radius 2 is 1.76 bits per heavy atom. The van der Waals surface area contributed by atoms with E-state index in [9.17, 15) is 8.42 Å². The highest BCUT2D eigenvalue weighted by atomic mass is 32.2. The van der Waals surface area contributed by atoms with E-state index in [1.807, 2.05) is 19.9 Å². The summed E-state index contributed by atoms with van der Waals surface area (Å²) in [6, 6.07) is 3.41. The number of rotatable bonds is 3. The minimum atomic E-state index is -3.43. The monoisotopic (exact) mass is 310 g/mol. The van der Waals surface area contributed by atoms with Gasteiger partial charge < -0.3 is 5.73 Å². The molecule has 118 valence electrons. The number of aryl methyl sites for hydroxylation is 1. The number of nitrogens with two attached hydrogens (primary N) is 1. The van der Waals surface area contributed by atoms with E-state index in [0.717, 1.165) is 24.0 Å². The van der Waals surface area contributed by atoms with Crippen LogP contribution in [0.15, 0.2) is 17.0 Å². The molecule has 2 N–H and O–H groups in total. The van der Waals surface area contributed by atoms with E-state index >= 15 is 0 Å². The summed E-state index contributed by atoms with van der Waals surface area (Å²) in [5.41, 5.74) is 8.06. The zero-order chi connectivity index (χ0) is 15.8. The van der Waals surface area contributed by atoms with Crippen LogP contribution in [0.3, 0.4) is 0 Å². The molecular weight excluding hydrogens is 284 g/mol. The van der Waals surface area contributed by atoms with Gasteiger partial charge in [-0.15, -0.1) is 0 Å². The van der Waals surface area contributed by atoms with E-state index in [4.69, 9.17) is 5.73 Å². The number of nitrogen functional groups attached to an aromatic ring is 1. The van der Waals surface area contributed by atoms with Crippen LogP contribution in [0.5, 0.6) is 0 Å². The number of nitrogens with zero attached hydrogens (tertiary/aromatic N) is 1. The van der Waals surface area contributed by atoms with Gasteiger partial charge in [-0.25, -0.2) is 8.42 Å². The first kappa shape index (κ1) is 16.3. The van der Waals surface area contributed by atoms with E-state index in [1.54, 1.807) is 10.4 Å². The number of hydrogen-bond acceptors (Lipinski definition) is 3. The summed E-state index contributed by atoms with van der Waals surface area (Å²) in [6.07, 6.45) is 1.88. The maximum atomic E-state index is 12.9. The molecule has 2 rings (SSSR count). The summed E-state index contributed by atoms with van der Waals surface area (Å²) in [5.74, 6) is 1.24. The predicted octanol–water partition coefficient (Wildman–Crippen LogP) is 2.94. The van der Waals surface area contributed by atoms with Crippen molar-refractivity contribution in [2.45, 2.75) is 45.4 Å². The quantitative estimate of drug-likeness (QED) is 0.873. The Morgan fingerprint density at radius 3 is 2.29 bits per heavy atom. The van der Waals surface area contributed by atoms with Crippen LogP contribution in [0.2, 0.25) is 0 Å². The third kappa shape index (κ3) is 3.24. The Hall–Kier alpha value is -1.07. The minimum Gasteiger partial charge on any atom is -0.399 e. The largest absolute Gasteiger partial charge is 0.399 e. The third-order valence-electron chi connectivity index (χ3n) is 4.70. The molecule has 0 aliphatic carbocycles. The molecule has 0 saturated carbocycles. The predicted molar refractivity (Wildman–Crippen MR) is 86.6 cm³/mol. The van der Waals surface area contributed by atoms with Crippen LogP contribution in [0.25, 0.3) is 0 Å². The lowest BCUT2D eigenvalue weighted by Crippen LogP contribution is -2.39. The van der Waals surface area contributed by atoms with E-state index in [-0.39, 0.29) is 0 Å². The molecule has 0 amide bonds. The number of hydrogen-bond donors (Lipinski definition) is 1. The van der Waals surface area contributed by atoms with Crippen LogP contribution in [0.1, 0.15) is 37.8 Å². The van der Waals surface area contributed by atoms with Crippen molar-refractivity contribution in [1.82, 2.24) is 4.31 Å². The number of benzene rings is 1. The fourth-order valence-corrected chi connectivity index (χ4v) is 4.85. The van der Waals surface area contributed by atoms with Gasteiger partial charge >= 0.3 is 0 Å². The normalized spacial score (nSPS) is 18.3. The highest BCUT2D eigenvalue weighted by molar-refractivity contribution is 7.89. The average molecular weight is 310 g/mol. The second-order valence-electron chi connectivity index (χ2n) is 6.45. The topological polar surface area (TPSA) is 63.4 Å². The molecule has 4 nitrogen and oxygen atoms in total. The van der Waals surface area contributed by atoms with Gasteiger partial charge in [0.05, 0.1) is 4.90 Å². The molecule has 1 fully saturated rings. The van der Waals surface area contributed by atoms with E-state index < -0.39 is 10.0 Å². The smallest absolute Gasteiger partial charge is 0.243 e. The molecule has 0 atom stereocenters. The molecule has 0 radical (unpaired) electrons. The Kier molecular flexibility index (Phi) is 4.63. The summed E-state index contributed by atoms with van der Waals surface area (Å²) in [6.45, 7) is 9.38. The van der Waals surface area contributed by atoms with Crippen LogP contribution in [-0.4, -0.2) is 25.8 Å². The van der Waals surface area contributed by atoms with Crippen molar-refractivity contribution in [3.8, 4) is 0 Å². The molecule has 0 bridgehead atoms. The van der Waals surface area contributed by atoms with Crippen LogP contribution in [0.4, 0.5) is 5.69 Å². The van der Waals surface area contributed by atoms with Gasteiger partial charge in [0.15, 0.2) is 0 Å². The first-order valence-corrected chi connectivity index (χ1v) is 9.04. The summed E-state index contributed by atoms with van der Waals surface area (Å²) in [5, 5.41) is 0. The molecule has 0 spiro atoms. The first-order valence-electron chi connectivity index (χ1n) is 7.60. The highest BCUT2D eigenvalue weighted by Crippen LogP contribution is 2.30. The van der Waals surface area contributed by atoms with Crippen LogP contribution in [-0.2, 0) is 10.0 Å². The lowest BCUT2D eigenvalue weighted by molar-refractivity contribution is 0.226. The fourth-order valence-electron chi connectivity index (χ4n) is 3.04. The molecule has 0 aromatic heterocycles. The Balaban J connectivity index is 2.28. The van der Waals surface area contributed by atoms with Crippen molar-refractivity contribution in [2.24, 2.45) is 11.8 Å².